The van der Waals surface area contributed by atoms with Gasteiger partial charge in [0.05, 0.1) is 13.2 Å². The number of aliphatic hydroxyl groups excluding tert-OH is 1. The van der Waals surface area contributed by atoms with E-state index in [0.717, 1.165) is 11.1 Å². The number of allylic oxidation sites excluding steroid dienone is 1. The first-order chi connectivity index (χ1) is 10.4. The van der Waals surface area contributed by atoms with Gasteiger partial charge in [0.2, 0.25) is 0 Å². The lowest BCUT2D eigenvalue weighted by Gasteiger charge is -2.11. The number of rotatable bonds is 8. The van der Waals surface area contributed by atoms with E-state index >= 15 is 0 Å². The third-order valence-corrected chi connectivity index (χ3v) is 3.14. The highest BCUT2D eigenvalue weighted by Gasteiger charge is 2.21. The summed E-state index contributed by atoms with van der Waals surface area (Å²) in [5.41, 5.74) is 1.62. The maximum Gasteiger partial charge on any atom is 0.341 e. The number of aliphatic hydroxyl groups is 1. The molecule has 0 amide bonds. The van der Waals surface area contributed by atoms with Gasteiger partial charge in [-0.05, 0) is 31.4 Å². The molecule has 0 radical (unpaired) electrons. The van der Waals surface area contributed by atoms with Crippen molar-refractivity contribution in [3.63, 3.8) is 0 Å². The van der Waals surface area contributed by atoms with Crippen molar-refractivity contribution in [2.24, 2.45) is 0 Å². The first-order valence-electron chi connectivity index (χ1n) is 7.14. The monoisotopic (exact) mass is 302 g/mol. The molecule has 22 heavy (non-hydrogen) atoms. The standard InChI is InChI=1S/C18H22O4/c1-13(2)9-10-15(19)12-17(20)16(18(21)22-3)11-14-7-5-4-6-8-14/h4-8,11,15,19H,1,9-10,12H2,2-3H3/b16-11+. The van der Waals surface area contributed by atoms with Gasteiger partial charge in [-0.3, -0.25) is 4.79 Å². The first kappa shape index (κ1) is 17.9. The van der Waals surface area contributed by atoms with Crippen LogP contribution in [0.3, 0.4) is 0 Å². The van der Waals surface area contributed by atoms with E-state index in [1.54, 1.807) is 12.1 Å². The molecule has 4 heteroatoms. The Morgan fingerprint density at radius 1 is 1.32 bits per heavy atom. The molecular formula is C18H22O4. The summed E-state index contributed by atoms with van der Waals surface area (Å²) < 4.78 is 4.66. The first-order valence-corrected chi connectivity index (χ1v) is 7.14. The Hall–Kier alpha value is -2.20. The summed E-state index contributed by atoms with van der Waals surface area (Å²) in [6, 6.07) is 9.04. The van der Waals surface area contributed by atoms with Crippen LogP contribution in [-0.2, 0) is 14.3 Å². The summed E-state index contributed by atoms with van der Waals surface area (Å²) >= 11 is 0. The van der Waals surface area contributed by atoms with Gasteiger partial charge in [-0.1, -0.05) is 35.9 Å². The molecule has 1 atom stereocenters. The Labute approximate surface area is 131 Å². The van der Waals surface area contributed by atoms with E-state index in [1.807, 2.05) is 25.1 Å². The van der Waals surface area contributed by atoms with Gasteiger partial charge < -0.3 is 9.84 Å². The normalized spacial score (nSPS) is 12.6. The zero-order valence-corrected chi connectivity index (χ0v) is 13.0. The highest BCUT2D eigenvalue weighted by atomic mass is 16.5. The van der Waals surface area contributed by atoms with Crippen LogP contribution in [0.25, 0.3) is 6.08 Å². The summed E-state index contributed by atoms with van der Waals surface area (Å²) in [4.78, 5) is 24.0. The van der Waals surface area contributed by atoms with Crippen LogP contribution in [0, 0.1) is 0 Å². The third kappa shape index (κ3) is 6.06. The molecule has 118 valence electrons. The second-order valence-corrected chi connectivity index (χ2v) is 5.24. The molecule has 0 fully saturated rings. The number of hydrogen-bond acceptors (Lipinski definition) is 4. The maximum atomic E-state index is 12.3. The highest BCUT2D eigenvalue weighted by molar-refractivity contribution is 6.20. The van der Waals surface area contributed by atoms with Crippen molar-refractivity contribution in [1.82, 2.24) is 0 Å². The van der Waals surface area contributed by atoms with Gasteiger partial charge in [-0.25, -0.2) is 4.79 Å². The van der Waals surface area contributed by atoms with E-state index in [4.69, 9.17) is 0 Å². The Morgan fingerprint density at radius 2 is 1.95 bits per heavy atom. The molecule has 1 N–H and O–H groups in total. The van der Waals surface area contributed by atoms with Crippen LogP contribution in [0.4, 0.5) is 0 Å². The summed E-state index contributed by atoms with van der Waals surface area (Å²) in [5, 5.41) is 9.90. The number of hydrogen-bond donors (Lipinski definition) is 1. The average Bonchev–Trinajstić information content (AvgIpc) is 2.50. The Balaban J connectivity index is 2.84. The average molecular weight is 302 g/mol. The molecule has 4 nitrogen and oxygen atoms in total. The van der Waals surface area contributed by atoms with Crippen molar-refractivity contribution in [3.8, 4) is 0 Å². The molecule has 1 unspecified atom stereocenters. The van der Waals surface area contributed by atoms with Gasteiger partial charge in [0.1, 0.15) is 5.57 Å². The van der Waals surface area contributed by atoms with E-state index in [1.165, 1.54) is 13.2 Å². The number of carbonyl (C=O) groups is 2. The summed E-state index contributed by atoms with van der Waals surface area (Å²) in [7, 11) is 1.23. The molecule has 1 aromatic rings. The molecule has 1 rings (SSSR count). The topological polar surface area (TPSA) is 63.6 Å². The fourth-order valence-electron chi connectivity index (χ4n) is 1.92. The van der Waals surface area contributed by atoms with Gasteiger partial charge in [0.15, 0.2) is 5.78 Å². The molecule has 0 saturated heterocycles. The maximum absolute atomic E-state index is 12.3. The number of Topliss-reactive ketones (excluding diaryl/α,β-unsaturated/α-hetero) is 1. The molecular weight excluding hydrogens is 280 g/mol. The van der Waals surface area contributed by atoms with E-state index in [-0.39, 0.29) is 12.0 Å². The van der Waals surface area contributed by atoms with Gasteiger partial charge in [0.25, 0.3) is 0 Å². The second kappa shape index (κ2) is 8.95. The van der Waals surface area contributed by atoms with Crippen LogP contribution in [0.2, 0.25) is 0 Å². The molecule has 0 spiro atoms. The van der Waals surface area contributed by atoms with Crippen LogP contribution < -0.4 is 0 Å². The lowest BCUT2D eigenvalue weighted by atomic mass is 9.99. The molecule has 0 aliphatic heterocycles. The zero-order valence-electron chi connectivity index (χ0n) is 13.0. The van der Waals surface area contributed by atoms with Gasteiger partial charge >= 0.3 is 5.97 Å². The van der Waals surface area contributed by atoms with Crippen LogP contribution in [-0.4, -0.2) is 30.1 Å². The zero-order chi connectivity index (χ0) is 16.5. The molecule has 0 aromatic heterocycles. The Kier molecular flexibility index (Phi) is 7.26. The molecule has 0 aliphatic carbocycles. The van der Waals surface area contributed by atoms with Gasteiger partial charge in [-0.2, -0.15) is 0 Å². The summed E-state index contributed by atoms with van der Waals surface area (Å²) in [6.45, 7) is 5.62. The Bertz CT molecular complexity index is 558. The number of carbonyl (C=O) groups excluding carboxylic acids is 2. The fraction of sp³-hybridized carbons (Fsp3) is 0.333. The van der Waals surface area contributed by atoms with Crippen molar-refractivity contribution in [2.45, 2.75) is 32.3 Å². The number of methoxy groups -OCH3 is 1. The summed E-state index contributed by atoms with van der Waals surface area (Å²) in [6.07, 6.45) is 1.67. The van der Waals surface area contributed by atoms with Crippen molar-refractivity contribution in [2.75, 3.05) is 7.11 Å². The molecule has 0 heterocycles. The number of benzene rings is 1. The minimum atomic E-state index is -0.798. The molecule has 0 bridgehead atoms. The third-order valence-electron chi connectivity index (χ3n) is 3.14. The highest BCUT2D eigenvalue weighted by Crippen LogP contribution is 2.14. The van der Waals surface area contributed by atoms with Crippen molar-refractivity contribution >= 4 is 17.8 Å². The lowest BCUT2D eigenvalue weighted by Crippen LogP contribution is -2.20. The van der Waals surface area contributed by atoms with E-state index < -0.39 is 17.9 Å². The fourth-order valence-corrected chi connectivity index (χ4v) is 1.92. The van der Waals surface area contributed by atoms with E-state index in [9.17, 15) is 14.7 Å². The van der Waals surface area contributed by atoms with Crippen LogP contribution in [0.1, 0.15) is 31.7 Å². The predicted octanol–water partition coefficient (Wildman–Crippen LogP) is 2.92. The largest absolute Gasteiger partial charge is 0.465 e. The molecule has 1 aromatic carbocycles. The van der Waals surface area contributed by atoms with Gasteiger partial charge in [0, 0.05) is 6.42 Å². The Morgan fingerprint density at radius 3 is 2.50 bits per heavy atom. The van der Waals surface area contributed by atoms with Crippen LogP contribution in [0.5, 0.6) is 0 Å². The van der Waals surface area contributed by atoms with E-state index in [2.05, 4.69) is 11.3 Å². The van der Waals surface area contributed by atoms with Gasteiger partial charge in [-0.15, -0.1) is 6.58 Å². The summed E-state index contributed by atoms with van der Waals surface area (Å²) in [5.74, 6) is -1.12. The van der Waals surface area contributed by atoms with Crippen LogP contribution >= 0.6 is 0 Å². The van der Waals surface area contributed by atoms with Crippen molar-refractivity contribution in [3.05, 3.63) is 53.6 Å². The van der Waals surface area contributed by atoms with Crippen LogP contribution in [0.15, 0.2) is 48.1 Å². The minimum Gasteiger partial charge on any atom is -0.465 e. The SMILES string of the molecule is C=C(C)CCC(O)CC(=O)/C(=C\c1ccccc1)C(=O)OC. The van der Waals surface area contributed by atoms with Crippen molar-refractivity contribution in [1.29, 1.82) is 0 Å². The number of esters is 1. The quantitative estimate of drug-likeness (QED) is 0.264. The number of ketones is 1. The lowest BCUT2D eigenvalue weighted by molar-refractivity contribution is -0.137. The minimum absolute atomic E-state index is 0.0527. The van der Waals surface area contributed by atoms with Crippen molar-refractivity contribution < 1.29 is 19.4 Å². The smallest absolute Gasteiger partial charge is 0.341 e. The van der Waals surface area contributed by atoms with E-state index in [0.29, 0.717) is 12.8 Å². The predicted molar refractivity (Wildman–Crippen MR) is 86.1 cm³/mol. The second-order valence-electron chi connectivity index (χ2n) is 5.24. The molecule has 0 aliphatic rings. The molecule has 0 saturated carbocycles. The number of ether oxygens (including phenoxy) is 1.